The van der Waals surface area contributed by atoms with E-state index in [0.717, 1.165) is 12.0 Å². The Morgan fingerprint density at radius 3 is 2.84 bits per heavy atom. The molecule has 2 nitrogen and oxygen atoms in total. The Bertz CT molecular complexity index is 556. The number of nitrogens with zero attached hydrogens (tertiary/aromatic N) is 1. The van der Waals surface area contributed by atoms with E-state index in [4.69, 9.17) is 5.73 Å². The molecule has 1 aliphatic rings. The minimum atomic E-state index is -0.154. The first-order valence-electron chi connectivity index (χ1n) is 6.57. The van der Waals surface area contributed by atoms with Crippen molar-refractivity contribution in [3.63, 3.8) is 0 Å². The number of hydrogen-bond acceptors (Lipinski definition) is 1. The predicted molar refractivity (Wildman–Crippen MR) is 77.9 cm³/mol. The fourth-order valence-corrected chi connectivity index (χ4v) is 2.24. The molecule has 1 atom stereocenters. The van der Waals surface area contributed by atoms with Gasteiger partial charge < -0.3 is 5.73 Å². The summed E-state index contributed by atoms with van der Waals surface area (Å²) in [6, 6.07) is 7.92. The molecule has 0 amide bonds. The van der Waals surface area contributed by atoms with Crippen molar-refractivity contribution in [2.75, 3.05) is 0 Å². The average molecular weight is 258 g/mol. The number of amidine groups is 1. The van der Waals surface area contributed by atoms with Gasteiger partial charge >= 0.3 is 0 Å². The molecule has 100 valence electrons. The number of hydrogen-bond donors (Lipinski definition) is 1. The standard InChI is InChI=1S/C16H19FN2/c1-3-12-6-4-5-7-14(12)16(18)19-13-8-9-15(17)11(2)10-13/h4-7,9-10,13H,3,8H2,1-2H3,(H2,18,19). The van der Waals surface area contributed by atoms with Gasteiger partial charge in [-0.2, -0.15) is 0 Å². The molecule has 1 aliphatic carbocycles. The second-order valence-corrected chi connectivity index (χ2v) is 4.73. The van der Waals surface area contributed by atoms with Gasteiger partial charge in [-0.15, -0.1) is 0 Å². The Morgan fingerprint density at radius 2 is 2.16 bits per heavy atom. The zero-order valence-electron chi connectivity index (χ0n) is 11.4. The van der Waals surface area contributed by atoms with Gasteiger partial charge in [0.15, 0.2) is 0 Å². The third kappa shape index (κ3) is 3.11. The van der Waals surface area contributed by atoms with Crippen molar-refractivity contribution in [2.45, 2.75) is 32.7 Å². The highest BCUT2D eigenvalue weighted by Crippen LogP contribution is 2.21. The van der Waals surface area contributed by atoms with Crippen LogP contribution in [-0.4, -0.2) is 11.9 Å². The van der Waals surface area contributed by atoms with Crippen molar-refractivity contribution < 1.29 is 4.39 Å². The molecule has 2 N–H and O–H groups in total. The summed E-state index contributed by atoms with van der Waals surface area (Å²) in [4.78, 5) is 4.51. The van der Waals surface area contributed by atoms with Crippen LogP contribution in [-0.2, 0) is 6.42 Å². The fourth-order valence-electron chi connectivity index (χ4n) is 2.24. The third-order valence-electron chi connectivity index (χ3n) is 3.34. The van der Waals surface area contributed by atoms with Gasteiger partial charge in [0.25, 0.3) is 0 Å². The average Bonchev–Trinajstić information content (AvgIpc) is 2.43. The molecule has 0 bridgehead atoms. The molecular formula is C16H19FN2. The normalized spacial score (nSPS) is 19.9. The van der Waals surface area contributed by atoms with E-state index in [1.807, 2.05) is 24.3 Å². The topological polar surface area (TPSA) is 38.4 Å². The van der Waals surface area contributed by atoms with Crippen LogP contribution in [0.5, 0.6) is 0 Å². The monoisotopic (exact) mass is 258 g/mol. The van der Waals surface area contributed by atoms with Gasteiger partial charge in [0.2, 0.25) is 0 Å². The van der Waals surface area contributed by atoms with E-state index in [1.54, 1.807) is 13.0 Å². The Labute approximate surface area is 113 Å². The molecule has 19 heavy (non-hydrogen) atoms. The summed E-state index contributed by atoms with van der Waals surface area (Å²) in [7, 11) is 0. The van der Waals surface area contributed by atoms with Crippen molar-refractivity contribution in [1.29, 1.82) is 0 Å². The van der Waals surface area contributed by atoms with Crippen molar-refractivity contribution in [2.24, 2.45) is 10.7 Å². The Hall–Kier alpha value is -1.90. The van der Waals surface area contributed by atoms with Crippen molar-refractivity contribution in [3.8, 4) is 0 Å². The summed E-state index contributed by atoms with van der Waals surface area (Å²) in [6.07, 6.45) is 4.89. The van der Waals surface area contributed by atoms with Crippen LogP contribution >= 0.6 is 0 Å². The largest absolute Gasteiger partial charge is 0.383 e. The van der Waals surface area contributed by atoms with Gasteiger partial charge in [-0.25, -0.2) is 4.39 Å². The van der Waals surface area contributed by atoms with E-state index >= 15 is 0 Å². The number of halogens is 1. The summed E-state index contributed by atoms with van der Waals surface area (Å²) in [5.74, 6) is 0.376. The number of rotatable bonds is 3. The fraction of sp³-hybridized carbons (Fsp3) is 0.312. The van der Waals surface area contributed by atoms with Crippen LogP contribution in [0.25, 0.3) is 0 Å². The molecule has 0 spiro atoms. The van der Waals surface area contributed by atoms with E-state index in [-0.39, 0.29) is 11.9 Å². The van der Waals surface area contributed by atoms with E-state index in [0.29, 0.717) is 17.8 Å². The molecule has 2 rings (SSSR count). The molecule has 0 radical (unpaired) electrons. The first-order valence-corrected chi connectivity index (χ1v) is 6.57. The minimum absolute atomic E-state index is 0.0654. The van der Waals surface area contributed by atoms with Crippen LogP contribution in [0.3, 0.4) is 0 Å². The highest BCUT2D eigenvalue weighted by molar-refractivity contribution is 5.99. The highest BCUT2D eigenvalue weighted by Gasteiger charge is 2.13. The molecular weight excluding hydrogens is 239 g/mol. The van der Waals surface area contributed by atoms with Crippen LogP contribution in [0.15, 0.2) is 52.8 Å². The molecule has 1 unspecified atom stereocenters. The van der Waals surface area contributed by atoms with E-state index in [1.165, 1.54) is 5.56 Å². The van der Waals surface area contributed by atoms with Crippen LogP contribution in [0, 0.1) is 0 Å². The SMILES string of the molecule is CCc1ccccc1C(N)=NC1C=C(C)C(F)=CC1. The number of aryl methyl sites for hydroxylation is 1. The number of allylic oxidation sites excluding steroid dienone is 2. The molecule has 0 heterocycles. The molecule has 0 fully saturated rings. The molecule has 1 aromatic carbocycles. The van der Waals surface area contributed by atoms with Crippen LogP contribution in [0.4, 0.5) is 4.39 Å². The lowest BCUT2D eigenvalue weighted by atomic mass is 10.0. The first-order chi connectivity index (χ1) is 9.11. The van der Waals surface area contributed by atoms with Crippen LogP contribution in [0.2, 0.25) is 0 Å². The summed E-state index contributed by atoms with van der Waals surface area (Å²) >= 11 is 0. The van der Waals surface area contributed by atoms with Gasteiger partial charge in [-0.1, -0.05) is 37.3 Å². The zero-order valence-corrected chi connectivity index (χ0v) is 11.4. The number of nitrogens with two attached hydrogens (primary N) is 1. The van der Waals surface area contributed by atoms with Gasteiger partial charge in [0.1, 0.15) is 11.7 Å². The van der Waals surface area contributed by atoms with Crippen LogP contribution in [0.1, 0.15) is 31.4 Å². The molecule has 0 saturated carbocycles. The zero-order chi connectivity index (χ0) is 13.8. The molecule has 0 aliphatic heterocycles. The second kappa shape index (κ2) is 5.83. The maximum atomic E-state index is 13.2. The van der Waals surface area contributed by atoms with E-state index in [9.17, 15) is 4.39 Å². The summed E-state index contributed by atoms with van der Waals surface area (Å²) in [5.41, 5.74) is 8.88. The smallest absolute Gasteiger partial charge is 0.126 e. The van der Waals surface area contributed by atoms with E-state index in [2.05, 4.69) is 18.0 Å². The maximum Gasteiger partial charge on any atom is 0.126 e. The number of aliphatic imine (C=N–C) groups is 1. The quantitative estimate of drug-likeness (QED) is 0.653. The van der Waals surface area contributed by atoms with Crippen molar-refractivity contribution in [3.05, 3.63) is 58.9 Å². The maximum absolute atomic E-state index is 13.2. The van der Waals surface area contributed by atoms with Crippen molar-refractivity contribution >= 4 is 5.84 Å². The Morgan fingerprint density at radius 1 is 1.42 bits per heavy atom. The summed E-state index contributed by atoms with van der Waals surface area (Å²) < 4.78 is 13.2. The van der Waals surface area contributed by atoms with Gasteiger partial charge in [-0.05, 0) is 37.0 Å². The van der Waals surface area contributed by atoms with Gasteiger partial charge in [0.05, 0.1) is 6.04 Å². The lowest BCUT2D eigenvalue weighted by Crippen LogP contribution is -2.19. The first kappa shape index (κ1) is 13.5. The Kier molecular flexibility index (Phi) is 4.15. The third-order valence-corrected chi connectivity index (χ3v) is 3.34. The molecule has 1 aromatic rings. The second-order valence-electron chi connectivity index (χ2n) is 4.73. The molecule has 3 heteroatoms. The summed E-state index contributed by atoms with van der Waals surface area (Å²) in [5, 5.41) is 0. The predicted octanol–water partition coefficient (Wildman–Crippen LogP) is 3.53. The highest BCUT2D eigenvalue weighted by atomic mass is 19.1. The Balaban J connectivity index is 2.25. The van der Waals surface area contributed by atoms with E-state index < -0.39 is 0 Å². The van der Waals surface area contributed by atoms with Crippen LogP contribution < -0.4 is 5.73 Å². The lowest BCUT2D eigenvalue weighted by Gasteiger charge is -2.14. The van der Waals surface area contributed by atoms with Crippen molar-refractivity contribution in [1.82, 2.24) is 0 Å². The van der Waals surface area contributed by atoms with Gasteiger partial charge in [0, 0.05) is 5.56 Å². The summed E-state index contributed by atoms with van der Waals surface area (Å²) in [6.45, 7) is 3.85. The lowest BCUT2D eigenvalue weighted by molar-refractivity contribution is 0.624. The number of benzene rings is 1. The molecule has 0 saturated heterocycles. The minimum Gasteiger partial charge on any atom is -0.383 e. The van der Waals surface area contributed by atoms with Gasteiger partial charge in [-0.3, -0.25) is 4.99 Å². The molecule has 0 aromatic heterocycles.